The zero-order valence-corrected chi connectivity index (χ0v) is 9.34. The van der Waals surface area contributed by atoms with Gasteiger partial charge in [0.05, 0.1) is 5.82 Å². The Kier molecular flexibility index (Phi) is 3.33. The number of allylic oxidation sites excluding steroid dienone is 1. The summed E-state index contributed by atoms with van der Waals surface area (Å²) in [6.45, 7) is 5.31. The van der Waals surface area contributed by atoms with Gasteiger partial charge in [-0.05, 0) is 25.8 Å². The highest BCUT2D eigenvalue weighted by Gasteiger charge is 2.40. The summed E-state index contributed by atoms with van der Waals surface area (Å²) in [5, 5.41) is 0. The van der Waals surface area contributed by atoms with Gasteiger partial charge in [0.1, 0.15) is 0 Å². The van der Waals surface area contributed by atoms with Gasteiger partial charge < -0.3 is 4.52 Å². The van der Waals surface area contributed by atoms with Crippen molar-refractivity contribution in [3.8, 4) is 0 Å². The number of carbonyl (C=O) groups is 1. The monoisotopic (exact) mass is 216 g/mol. The summed E-state index contributed by atoms with van der Waals surface area (Å²) in [4.78, 5) is 10.9. The SMILES string of the molecule is CCC(C)=C=CP1(=O)OC(=O)C(C)O1. The third-order valence-electron chi connectivity index (χ3n) is 1.85. The summed E-state index contributed by atoms with van der Waals surface area (Å²) >= 11 is 0. The standard InChI is InChI=1S/C9H13O4P/c1-4-7(2)5-6-14(11)12-8(3)9(10)13-14/h6,8H,4H2,1-3H3. The zero-order chi connectivity index (χ0) is 10.8. The van der Waals surface area contributed by atoms with Gasteiger partial charge in [-0.25, -0.2) is 9.36 Å². The molecule has 0 bridgehead atoms. The van der Waals surface area contributed by atoms with Gasteiger partial charge in [0.25, 0.3) is 0 Å². The lowest BCUT2D eigenvalue weighted by atomic mass is 10.3. The highest BCUT2D eigenvalue weighted by atomic mass is 31.2. The van der Waals surface area contributed by atoms with Gasteiger partial charge in [0, 0.05) is 0 Å². The second-order valence-electron chi connectivity index (χ2n) is 3.11. The first-order valence-corrected chi connectivity index (χ1v) is 6.03. The summed E-state index contributed by atoms with van der Waals surface area (Å²) in [5.74, 6) is 0.633. The normalized spacial score (nSPS) is 30.8. The van der Waals surface area contributed by atoms with E-state index in [1.807, 2.05) is 13.8 Å². The van der Waals surface area contributed by atoms with Crippen molar-refractivity contribution in [2.24, 2.45) is 0 Å². The van der Waals surface area contributed by atoms with Crippen LogP contribution in [0.4, 0.5) is 0 Å². The molecule has 1 heterocycles. The lowest BCUT2D eigenvalue weighted by Gasteiger charge is -2.00. The molecule has 0 radical (unpaired) electrons. The van der Waals surface area contributed by atoms with Crippen LogP contribution in [0.1, 0.15) is 27.2 Å². The Labute approximate surface area is 83.1 Å². The van der Waals surface area contributed by atoms with Crippen molar-refractivity contribution in [2.45, 2.75) is 33.3 Å². The van der Waals surface area contributed by atoms with Gasteiger partial charge in [0.15, 0.2) is 6.10 Å². The van der Waals surface area contributed by atoms with E-state index in [0.29, 0.717) is 0 Å². The van der Waals surface area contributed by atoms with Crippen molar-refractivity contribution in [3.63, 3.8) is 0 Å². The van der Waals surface area contributed by atoms with Crippen LogP contribution in [-0.2, 0) is 18.4 Å². The molecule has 1 aliphatic heterocycles. The van der Waals surface area contributed by atoms with E-state index in [0.717, 1.165) is 12.0 Å². The summed E-state index contributed by atoms with van der Waals surface area (Å²) in [6.07, 6.45) is 0.0563. The van der Waals surface area contributed by atoms with Gasteiger partial charge in [-0.15, -0.1) is 5.73 Å². The highest BCUT2D eigenvalue weighted by molar-refractivity contribution is 7.58. The Balaban J connectivity index is 2.86. The fourth-order valence-corrected chi connectivity index (χ4v) is 2.29. The van der Waals surface area contributed by atoms with E-state index in [1.54, 1.807) is 0 Å². The van der Waals surface area contributed by atoms with Crippen LogP contribution in [0.25, 0.3) is 0 Å². The highest BCUT2D eigenvalue weighted by Crippen LogP contribution is 2.55. The van der Waals surface area contributed by atoms with Gasteiger partial charge in [-0.1, -0.05) is 6.92 Å². The second kappa shape index (κ2) is 4.14. The molecule has 14 heavy (non-hydrogen) atoms. The zero-order valence-electron chi connectivity index (χ0n) is 8.44. The van der Waals surface area contributed by atoms with E-state index in [-0.39, 0.29) is 0 Å². The molecular formula is C9H13O4P. The van der Waals surface area contributed by atoms with Crippen molar-refractivity contribution in [1.82, 2.24) is 0 Å². The van der Waals surface area contributed by atoms with Gasteiger partial charge in [0.2, 0.25) is 0 Å². The van der Waals surface area contributed by atoms with E-state index in [2.05, 4.69) is 10.3 Å². The smallest absolute Gasteiger partial charge is 0.386 e. The summed E-state index contributed by atoms with van der Waals surface area (Å²) in [5.41, 5.74) is 3.71. The molecule has 0 aromatic heterocycles. The molecule has 0 aromatic rings. The molecule has 5 heteroatoms. The summed E-state index contributed by atoms with van der Waals surface area (Å²) in [7, 11) is -3.36. The van der Waals surface area contributed by atoms with Crippen LogP contribution in [0.5, 0.6) is 0 Å². The Morgan fingerprint density at radius 3 is 2.79 bits per heavy atom. The lowest BCUT2D eigenvalue weighted by Crippen LogP contribution is -2.09. The van der Waals surface area contributed by atoms with E-state index < -0.39 is 19.7 Å². The topological polar surface area (TPSA) is 52.6 Å². The Bertz CT molecular complexity index is 352. The molecular weight excluding hydrogens is 203 g/mol. The van der Waals surface area contributed by atoms with E-state index in [1.165, 1.54) is 12.7 Å². The van der Waals surface area contributed by atoms with Crippen molar-refractivity contribution < 1.29 is 18.4 Å². The third-order valence-corrected chi connectivity index (χ3v) is 3.34. The number of carbonyl (C=O) groups excluding carboxylic acids is 1. The minimum Gasteiger partial charge on any atom is -0.386 e. The molecule has 0 N–H and O–H groups in total. The minimum atomic E-state index is -3.36. The van der Waals surface area contributed by atoms with Crippen LogP contribution >= 0.6 is 7.60 Å². The molecule has 0 aliphatic carbocycles. The first kappa shape index (κ1) is 11.3. The van der Waals surface area contributed by atoms with Crippen molar-refractivity contribution in [3.05, 3.63) is 17.1 Å². The Morgan fingerprint density at radius 1 is 1.71 bits per heavy atom. The maximum absolute atomic E-state index is 11.7. The molecule has 1 aliphatic rings. The second-order valence-corrected chi connectivity index (χ2v) is 4.84. The van der Waals surface area contributed by atoms with Crippen molar-refractivity contribution >= 4 is 13.6 Å². The maximum Gasteiger partial charge on any atom is 0.414 e. The van der Waals surface area contributed by atoms with E-state index >= 15 is 0 Å². The lowest BCUT2D eigenvalue weighted by molar-refractivity contribution is -0.135. The van der Waals surface area contributed by atoms with Crippen LogP contribution in [0.15, 0.2) is 17.1 Å². The molecule has 1 saturated heterocycles. The van der Waals surface area contributed by atoms with Crippen LogP contribution in [0.3, 0.4) is 0 Å². The van der Waals surface area contributed by atoms with Gasteiger partial charge in [-0.2, -0.15) is 0 Å². The molecule has 0 saturated carbocycles. The first-order chi connectivity index (χ1) is 6.47. The average molecular weight is 216 g/mol. The van der Waals surface area contributed by atoms with Crippen LogP contribution in [-0.4, -0.2) is 12.1 Å². The van der Waals surface area contributed by atoms with Crippen LogP contribution in [0, 0.1) is 0 Å². The molecule has 1 rings (SSSR count). The number of hydrogen-bond donors (Lipinski definition) is 0. The molecule has 0 spiro atoms. The first-order valence-electron chi connectivity index (χ1n) is 4.42. The average Bonchev–Trinajstić information content (AvgIpc) is 2.38. The number of rotatable bonds is 2. The van der Waals surface area contributed by atoms with Gasteiger partial charge in [-0.3, -0.25) is 4.52 Å². The molecule has 4 nitrogen and oxygen atoms in total. The summed E-state index contributed by atoms with van der Waals surface area (Å²) in [6, 6.07) is 0. The maximum atomic E-state index is 11.7. The van der Waals surface area contributed by atoms with Crippen molar-refractivity contribution in [2.75, 3.05) is 0 Å². The van der Waals surface area contributed by atoms with Crippen LogP contribution in [0.2, 0.25) is 0 Å². The number of hydrogen-bond acceptors (Lipinski definition) is 4. The quantitative estimate of drug-likeness (QED) is 0.526. The summed E-state index contributed by atoms with van der Waals surface area (Å²) < 4.78 is 21.2. The predicted octanol–water partition coefficient (Wildman–Crippen LogP) is 2.61. The third kappa shape index (κ3) is 2.58. The minimum absolute atomic E-state index is 0.583. The molecule has 1 fully saturated rings. The Morgan fingerprint density at radius 2 is 2.36 bits per heavy atom. The fourth-order valence-electron chi connectivity index (χ4n) is 0.833. The molecule has 0 amide bonds. The fraction of sp³-hybridized carbons (Fsp3) is 0.556. The van der Waals surface area contributed by atoms with E-state index in [9.17, 15) is 9.36 Å². The Hall–Kier alpha value is -0.820. The molecule has 2 atom stereocenters. The molecule has 0 aromatic carbocycles. The largest absolute Gasteiger partial charge is 0.414 e. The predicted molar refractivity (Wildman–Crippen MR) is 51.8 cm³/mol. The van der Waals surface area contributed by atoms with Crippen molar-refractivity contribution in [1.29, 1.82) is 0 Å². The van der Waals surface area contributed by atoms with Gasteiger partial charge >= 0.3 is 13.6 Å². The molecule has 2 unspecified atom stereocenters. The van der Waals surface area contributed by atoms with E-state index in [4.69, 9.17) is 4.52 Å². The van der Waals surface area contributed by atoms with Crippen LogP contribution < -0.4 is 0 Å². The molecule has 78 valence electrons.